The van der Waals surface area contributed by atoms with Crippen molar-refractivity contribution in [1.82, 2.24) is 14.9 Å². The molecular weight excluding hydrogens is 481 g/mol. The van der Waals surface area contributed by atoms with Crippen molar-refractivity contribution in [2.75, 3.05) is 49.4 Å². The van der Waals surface area contributed by atoms with E-state index in [1.807, 2.05) is 0 Å². The van der Waals surface area contributed by atoms with Crippen LogP contribution in [0.25, 0.3) is 0 Å². The number of amides is 3. The summed E-state index contributed by atoms with van der Waals surface area (Å²) in [7, 11) is 3.03. The quantitative estimate of drug-likeness (QED) is 0.415. The number of rotatable bonds is 8. The fourth-order valence-electron chi connectivity index (χ4n) is 3.71. The Kier molecular flexibility index (Phi) is 8.45. The number of methoxy groups -OCH3 is 1. The monoisotopic (exact) mass is 508 g/mol. The number of hydrogen-bond acceptors (Lipinski definition) is 7. The van der Waals surface area contributed by atoms with E-state index in [1.54, 1.807) is 13.1 Å². The molecule has 0 fully saturated rings. The Morgan fingerprint density at radius 1 is 1.31 bits per heavy atom. The second-order valence-corrected chi connectivity index (χ2v) is 8.23. The van der Waals surface area contributed by atoms with E-state index in [0.717, 1.165) is 11.6 Å². The van der Waals surface area contributed by atoms with Crippen LogP contribution in [0.3, 0.4) is 0 Å². The van der Waals surface area contributed by atoms with Gasteiger partial charge in [-0.15, -0.1) is 0 Å². The number of pyridine rings is 2. The first-order valence-electron chi connectivity index (χ1n) is 11.1. The molecular formula is C23H27F3N6O4. The second-order valence-electron chi connectivity index (χ2n) is 8.23. The third-order valence-electron chi connectivity index (χ3n) is 5.64. The molecule has 13 heteroatoms. The van der Waals surface area contributed by atoms with Gasteiger partial charge in [0, 0.05) is 58.5 Å². The number of aldehydes is 1. The molecule has 3 rings (SSSR count). The first-order valence-corrected chi connectivity index (χ1v) is 11.1. The lowest BCUT2D eigenvalue weighted by molar-refractivity contribution is -0.137. The SMILES string of the molecule is COCCNc1cc(NC(=O)N2CCCc3cc(CN(C)C(C)=O)c(C=O)nc32)ncc1C(F)(F)F. The van der Waals surface area contributed by atoms with Gasteiger partial charge in [-0.1, -0.05) is 0 Å². The lowest BCUT2D eigenvalue weighted by Crippen LogP contribution is -2.40. The third kappa shape index (κ3) is 6.27. The van der Waals surface area contributed by atoms with E-state index in [1.165, 1.54) is 23.8 Å². The molecule has 36 heavy (non-hydrogen) atoms. The molecule has 0 saturated heterocycles. The minimum Gasteiger partial charge on any atom is -0.383 e. The number of nitrogens with zero attached hydrogens (tertiary/aromatic N) is 4. The number of urea groups is 1. The molecule has 0 unspecified atom stereocenters. The van der Waals surface area contributed by atoms with Crippen LogP contribution < -0.4 is 15.5 Å². The molecule has 2 aromatic heterocycles. The molecule has 10 nitrogen and oxygen atoms in total. The van der Waals surface area contributed by atoms with Crippen LogP contribution in [-0.4, -0.2) is 66.9 Å². The zero-order valence-electron chi connectivity index (χ0n) is 20.1. The Morgan fingerprint density at radius 3 is 2.69 bits per heavy atom. The number of aromatic nitrogens is 2. The molecule has 0 spiro atoms. The van der Waals surface area contributed by atoms with Gasteiger partial charge in [-0.2, -0.15) is 13.2 Å². The molecule has 0 aliphatic carbocycles. The maximum absolute atomic E-state index is 13.4. The van der Waals surface area contributed by atoms with Crippen LogP contribution >= 0.6 is 0 Å². The van der Waals surface area contributed by atoms with E-state index in [-0.39, 0.29) is 55.2 Å². The molecule has 2 aromatic rings. The highest BCUT2D eigenvalue weighted by Gasteiger charge is 2.34. The van der Waals surface area contributed by atoms with Gasteiger partial charge in [-0.05, 0) is 24.5 Å². The number of fused-ring (bicyclic) bond motifs is 1. The van der Waals surface area contributed by atoms with Gasteiger partial charge in [-0.25, -0.2) is 14.8 Å². The molecule has 3 heterocycles. The largest absolute Gasteiger partial charge is 0.419 e. The number of hydrogen-bond donors (Lipinski definition) is 2. The third-order valence-corrected chi connectivity index (χ3v) is 5.64. The van der Waals surface area contributed by atoms with E-state index in [0.29, 0.717) is 30.9 Å². The lowest BCUT2D eigenvalue weighted by atomic mass is 10.0. The van der Waals surface area contributed by atoms with Crippen molar-refractivity contribution < 1.29 is 32.3 Å². The van der Waals surface area contributed by atoms with E-state index in [9.17, 15) is 27.6 Å². The Hall–Kier alpha value is -3.74. The molecule has 0 atom stereocenters. The Morgan fingerprint density at radius 2 is 2.06 bits per heavy atom. The van der Waals surface area contributed by atoms with Gasteiger partial charge in [0.1, 0.15) is 17.3 Å². The zero-order chi connectivity index (χ0) is 26.5. The van der Waals surface area contributed by atoms with Crippen LogP contribution in [0, 0.1) is 0 Å². The van der Waals surface area contributed by atoms with Gasteiger partial charge in [0.05, 0.1) is 17.9 Å². The smallest absolute Gasteiger partial charge is 0.383 e. The van der Waals surface area contributed by atoms with Crippen molar-refractivity contribution >= 4 is 35.5 Å². The molecule has 0 radical (unpaired) electrons. The summed E-state index contributed by atoms with van der Waals surface area (Å²) in [6.07, 6.45) is -2.22. The normalized spacial score (nSPS) is 13.1. The summed E-state index contributed by atoms with van der Waals surface area (Å²) < 4.78 is 45.0. The fourth-order valence-corrected chi connectivity index (χ4v) is 3.71. The van der Waals surface area contributed by atoms with Gasteiger partial charge in [0.25, 0.3) is 0 Å². The fraction of sp³-hybridized carbons (Fsp3) is 0.435. The van der Waals surface area contributed by atoms with Crippen molar-refractivity contribution in [3.63, 3.8) is 0 Å². The van der Waals surface area contributed by atoms with Crippen LogP contribution in [0.4, 0.5) is 35.3 Å². The summed E-state index contributed by atoms with van der Waals surface area (Å²) in [5.41, 5.74) is 0.153. The summed E-state index contributed by atoms with van der Waals surface area (Å²) in [5, 5.41) is 5.16. The first kappa shape index (κ1) is 26.9. The lowest BCUT2D eigenvalue weighted by Gasteiger charge is -2.29. The summed E-state index contributed by atoms with van der Waals surface area (Å²) in [6, 6.07) is 2.20. The average Bonchev–Trinajstić information content (AvgIpc) is 2.82. The Labute approximate surface area is 205 Å². The van der Waals surface area contributed by atoms with Gasteiger partial charge < -0.3 is 15.0 Å². The maximum atomic E-state index is 13.4. The van der Waals surface area contributed by atoms with Gasteiger partial charge in [0.2, 0.25) is 5.91 Å². The molecule has 2 N–H and O–H groups in total. The highest BCUT2D eigenvalue weighted by molar-refractivity contribution is 6.01. The predicted octanol–water partition coefficient (Wildman–Crippen LogP) is 3.33. The molecule has 0 saturated carbocycles. The average molecular weight is 509 g/mol. The standard InChI is InChI=1S/C23H27F3N6O4/c1-14(34)31(2)12-16-9-15-5-4-7-32(21(15)29-19(16)13-33)22(35)30-20-10-18(27-6-8-36-3)17(11-28-20)23(24,25)26/h9-11,13H,4-8,12H2,1-3H3,(H2,27,28,30,35). The topological polar surface area (TPSA) is 117 Å². The van der Waals surface area contributed by atoms with Gasteiger partial charge >= 0.3 is 12.2 Å². The number of anilines is 3. The van der Waals surface area contributed by atoms with Crippen LogP contribution in [0.2, 0.25) is 0 Å². The van der Waals surface area contributed by atoms with Crippen LogP contribution in [0.15, 0.2) is 18.3 Å². The van der Waals surface area contributed by atoms with E-state index < -0.39 is 17.8 Å². The number of ether oxygens (including phenoxy) is 1. The predicted molar refractivity (Wildman–Crippen MR) is 126 cm³/mol. The minimum absolute atomic E-state index is 0.0876. The summed E-state index contributed by atoms with van der Waals surface area (Å²) in [5.74, 6) is 0.0153. The number of halogens is 3. The number of carbonyl (C=O) groups excluding carboxylic acids is 3. The molecule has 0 aromatic carbocycles. The van der Waals surface area contributed by atoms with E-state index in [4.69, 9.17) is 4.74 Å². The van der Waals surface area contributed by atoms with Gasteiger partial charge in [-0.3, -0.25) is 19.8 Å². The van der Waals surface area contributed by atoms with E-state index in [2.05, 4.69) is 20.6 Å². The number of aryl methyl sites for hydroxylation is 1. The van der Waals surface area contributed by atoms with E-state index >= 15 is 0 Å². The number of nitrogens with one attached hydrogen (secondary N) is 2. The molecule has 0 bridgehead atoms. The number of carbonyl (C=O) groups is 3. The maximum Gasteiger partial charge on any atom is 0.419 e. The molecule has 1 aliphatic heterocycles. The zero-order valence-corrected chi connectivity index (χ0v) is 20.1. The molecule has 3 amide bonds. The highest BCUT2D eigenvalue weighted by atomic mass is 19.4. The van der Waals surface area contributed by atoms with Crippen molar-refractivity contribution in [2.45, 2.75) is 32.5 Å². The number of alkyl halides is 3. The minimum atomic E-state index is -4.64. The van der Waals surface area contributed by atoms with Crippen LogP contribution in [-0.2, 0) is 28.7 Å². The summed E-state index contributed by atoms with van der Waals surface area (Å²) in [4.78, 5) is 47.2. The van der Waals surface area contributed by atoms with Crippen molar-refractivity contribution in [1.29, 1.82) is 0 Å². The Bertz CT molecular complexity index is 1140. The van der Waals surface area contributed by atoms with Crippen LogP contribution in [0.5, 0.6) is 0 Å². The van der Waals surface area contributed by atoms with Gasteiger partial charge in [0.15, 0.2) is 6.29 Å². The molecule has 1 aliphatic rings. The Balaban J connectivity index is 1.86. The summed E-state index contributed by atoms with van der Waals surface area (Å²) in [6.45, 7) is 2.18. The summed E-state index contributed by atoms with van der Waals surface area (Å²) >= 11 is 0. The first-order chi connectivity index (χ1) is 17.0. The highest BCUT2D eigenvalue weighted by Crippen LogP contribution is 2.35. The second kappa shape index (κ2) is 11.3. The van der Waals surface area contributed by atoms with Crippen molar-refractivity contribution in [2.24, 2.45) is 0 Å². The van der Waals surface area contributed by atoms with Crippen molar-refractivity contribution in [3.05, 3.63) is 40.7 Å². The van der Waals surface area contributed by atoms with Crippen LogP contribution in [0.1, 0.15) is 40.5 Å². The molecule has 194 valence electrons. The van der Waals surface area contributed by atoms with Crippen molar-refractivity contribution in [3.8, 4) is 0 Å².